The van der Waals surface area contributed by atoms with Crippen molar-refractivity contribution in [1.82, 2.24) is 15.0 Å². The average molecular weight is 152 g/mol. The number of nitrogens with zero attached hydrogens (tertiary/aromatic N) is 3. The van der Waals surface area contributed by atoms with Gasteiger partial charge in [0.15, 0.2) is 0 Å². The van der Waals surface area contributed by atoms with Gasteiger partial charge in [-0.25, -0.2) is 0 Å². The lowest BCUT2D eigenvalue weighted by Crippen LogP contribution is -1.99. The molecule has 4 heteroatoms. The van der Waals surface area contributed by atoms with Crippen LogP contribution < -0.4 is 5.73 Å². The van der Waals surface area contributed by atoms with Crippen LogP contribution in [0.5, 0.6) is 0 Å². The Morgan fingerprint density at radius 3 is 3.00 bits per heavy atom. The van der Waals surface area contributed by atoms with E-state index in [1.807, 2.05) is 26.2 Å². The van der Waals surface area contributed by atoms with Gasteiger partial charge in [-0.15, -0.1) is 5.10 Å². The normalized spacial score (nSPS) is 12.1. The van der Waals surface area contributed by atoms with Gasteiger partial charge in [0.05, 0.1) is 6.20 Å². The summed E-state index contributed by atoms with van der Waals surface area (Å²) in [6.07, 6.45) is 3.77. The zero-order valence-electron chi connectivity index (χ0n) is 6.78. The number of hydrogen-bond donors (Lipinski definition) is 1. The maximum absolute atomic E-state index is 5.40. The zero-order valence-corrected chi connectivity index (χ0v) is 6.78. The predicted octanol–water partition coefficient (Wildman–Crippen LogP) is 0.177. The van der Waals surface area contributed by atoms with E-state index in [2.05, 4.69) is 10.3 Å². The van der Waals surface area contributed by atoms with E-state index in [9.17, 15) is 0 Å². The molecule has 0 amide bonds. The molecule has 11 heavy (non-hydrogen) atoms. The summed E-state index contributed by atoms with van der Waals surface area (Å²) in [7, 11) is 1.84. The van der Waals surface area contributed by atoms with E-state index in [-0.39, 0.29) is 0 Å². The molecule has 0 saturated carbocycles. The lowest BCUT2D eigenvalue weighted by atomic mass is 10.2. The lowest BCUT2D eigenvalue weighted by Gasteiger charge is -1.89. The highest BCUT2D eigenvalue weighted by atomic mass is 15.4. The first-order valence-corrected chi connectivity index (χ1v) is 3.46. The van der Waals surface area contributed by atoms with E-state index in [0.717, 1.165) is 11.3 Å². The predicted molar refractivity (Wildman–Crippen MR) is 43.7 cm³/mol. The van der Waals surface area contributed by atoms with Crippen molar-refractivity contribution in [3.8, 4) is 0 Å². The summed E-state index contributed by atoms with van der Waals surface area (Å²) >= 11 is 0. The molecule has 60 valence electrons. The molecule has 0 unspecified atom stereocenters. The lowest BCUT2D eigenvalue weighted by molar-refractivity contribution is 0.714. The van der Waals surface area contributed by atoms with Crippen LogP contribution in [0.25, 0.3) is 6.08 Å². The molecule has 0 aliphatic heterocycles. The summed E-state index contributed by atoms with van der Waals surface area (Å²) in [5.41, 5.74) is 7.36. The van der Waals surface area contributed by atoms with Gasteiger partial charge in [-0.2, -0.15) is 0 Å². The monoisotopic (exact) mass is 152 g/mol. The second kappa shape index (κ2) is 3.30. The van der Waals surface area contributed by atoms with Crippen LogP contribution in [-0.4, -0.2) is 21.5 Å². The van der Waals surface area contributed by atoms with Crippen molar-refractivity contribution < 1.29 is 0 Å². The maximum atomic E-state index is 5.40. The van der Waals surface area contributed by atoms with Gasteiger partial charge in [0.2, 0.25) is 0 Å². The first-order valence-electron chi connectivity index (χ1n) is 3.46. The van der Waals surface area contributed by atoms with Crippen LogP contribution in [-0.2, 0) is 7.05 Å². The Morgan fingerprint density at radius 2 is 2.55 bits per heavy atom. The van der Waals surface area contributed by atoms with Gasteiger partial charge < -0.3 is 5.73 Å². The summed E-state index contributed by atoms with van der Waals surface area (Å²) in [6, 6.07) is 0. The molecule has 0 spiro atoms. The molecule has 2 N–H and O–H groups in total. The van der Waals surface area contributed by atoms with E-state index in [0.29, 0.717) is 6.54 Å². The van der Waals surface area contributed by atoms with Gasteiger partial charge in [-0.05, 0) is 13.0 Å². The second-order valence-corrected chi connectivity index (χ2v) is 2.51. The molecule has 0 aliphatic rings. The van der Waals surface area contributed by atoms with Gasteiger partial charge >= 0.3 is 0 Å². The van der Waals surface area contributed by atoms with Crippen molar-refractivity contribution >= 4 is 6.08 Å². The Bertz CT molecular complexity index is 261. The summed E-state index contributed by atoms with van der Waals surface area (Å²) in [5.74, 6) is 0. The number of nitrogens with two attached hydrogens (primary N) is 1. The van der Waals surface area contributed by atoms with E-state index < -0.39 is 0 Å². The number of rotatable bonds is 2. The van der Waals surface area contributed by atoms with Crippen molar-refractivity contribution in [2.75, 3.05) is 6.54 Å². The number of aryl methyl sites for hydroxylation is 1. The standard InChI is InChI=1S/C7H12N4/c1-6(4-8)3-7-5-11(2)10-9-7/h3,5H,4,8H2,1-2H3. The minimum absolute atomic E-state index is 0.566. The van der Waals surface area contributed by atoms with Gasteiger partial charge in [-0.3, -0.25) is 4.68 Å². The van der Waals surface area contributed by atoms with Crippen molar-refractivity contribution in [2.24, 2.45) is 12.8 Å². The topological polar surface area (TPSA) is 56.7 Å². The second-order valence-electron chi connectivity index (χ2n) is 2.51. The molecule has 0 saturated heterocycles. The van der Waals surface area contributed by atoms with Crippen molar-refractivity contribution in [2.45, 2.75) is 6.92 Å². The Morgan fingerprint density at radius 1 is 1.82 bits per heavy atom. The van der Waals surface area contributed by atoms with Crippen LogP contribution in [0.2, 0.25) is 0 Å². The van der Waals surface area contributed by atoms with Crippen LogP contribution in [0, 0.1) is 0 Å². The van der Waals surface area contributed by atoms with Crippen LogP contribution >= 0.6 is 0 Å². The molecule has 4 nitrogen and oxygen atoms in total. The molecule has 0 aromatic carbocycles. The quantitative estimate of drug-likeness (QED) is 0.657. The first-order chi connectivity index (χ1) is 5.22. The molecule has 0 bridgehead atoms. The van der Waals surface area contributed by atoms with Crippen LogP contribution in [0.4, 0.5) is 0 Å². The highest BCUT2D eigenvalue weighted by Crippen LogP contribution is 1.99. The molecule has 1 rings (SSSR count). The minimum atomic E-state index is 0.566. The SMILES string of the molecule is CC(=Cc1cn(C)nn1)CN. The molecule has 0 atom stereocenters. The molecular weight excluding hydrogens is 140 g/mol. The molecule has 0 fully saturated rings. The molecule has 1 heterocycles. The number of aromatic nitrogens is 3. The molecular formula is C7H12N4. The van der Waals surface area contributed by atoms with Crippen molar-refractivity contribution in [3.63, 3.8) is 0 Å². The van der Waals surface area contributed by atoms with Gasteiger partial charge in [0.25, 0.3) is 0 Å². The maximum Gasteiger partial charge on any atom is 0.105 e. The van der Waals surface area contributed by atoms with Crippen LogP contribution in [0.15, 0.2) is 11.8 Å². The Labute approximate surface area is 65.7 Å². The summed E-state index contributed by atoms with van der Waals surface area (Å²) < 4.78 is 1.66. The van der Waals surface area contributed by atoms with Gasteiger partial charge in [0, 0.05) is 13.6 Å². The highest BCUT2D eigenvalue weighted by molar-refractivity contribution is 5.46. The summed E-state index contributed by atoms with van der Waals surface area (Å²) in [6.45, 7) is 2.53. The van der Waals surface area contributed by atoms with E-state index in [1.165, 1.54) is 0 Å². The summed E-state index contributed by atoms with van der Waals surface area (Å²) in [5, 5.41) is 7.67. The molecule has 1 aromatic rings. The Balaban J connectivity index is 2.78. The van der Waals surface area contributed by atoms with Crippen LogP contribution in [0.1, 0.15) is 12.6 Å². The smallest absolute Gasteiger partial charge is 0.105 e. The molecule has 1 aromatic heterocycles. The average Bonchev–Trinajstić information content (AvgIpc) is 2.35. The highest BCUT2D eigenvalue weighted by Gasteiger charge is 1.92. The first kappa shape index (κ1) is 7.94. The third-order valence-corrected chi connectivity index (χ3v) is 1.34. The third-order valence-electron chi connectivity index (χ3n) is 1.34. The van der Waals surface area contributed by atoms with Gasteiger partial charge in [0.1, 0.15) is 5.69 Å². The minimum Gasteiger partial charge on any atom is -0.327 e. The Kier molecular flexibility index (Phi) is 2.38. The molecule has 0 aliphatic carbocycles. The fraction of sp³-hybridized carbons (Fsp3) is 0.429. The van der Waals surface area contributed by atoms with E-state index >= 15 is 0 Å². The van der Waals surface area contributed by atoms with E-state index in [1.54, 1.807) is 4.68 Å². The fourth-order valence-corrected chi connectivity index (χ4v) is 0.743. The zero-order chi connectivity index (χ0) is 8.27. The number of hydrogen-bond acceptors (Lipinski definition) is 3. The Hall–Kier alpha value is -1.16. The molecule has 0 radical (unpaired) electrons. The van der Waals surface area contributed by atoms with Crippen LogP contribution in [0.3, 0.4) is 0 Å². The van der Waals surface area contributed by atoms with Crippen molar-refractivity contribution in [3.05, 3.63) is 17.5 Å². The van der Waals surface area contributed by atoms with Crippen molar-refractivity contribution in [1.29, 1.82) is 0 Å². The largest absolute Gasteiger partial charge is 0.327 e. The van der Waals surface area contributed by atoms with Gasteiger partial charge in [-0.1, -0.05) is 10.8 Å². The van der Waals surface area contributed by atoms with E-state index in [4.69, 9.17) is 5.73 Å². The fourth-order valence-electron chi connectivity index (χ4n) is 0.743. The summed E-state index contributed by atoms with van der Waals surface area (Å²) in [4.78, 5) is 0. The third kappa shape index (κ3) is 2.16.